The molecular weight excluding hydrogens is 166 g/mol. The maximum atomic E-state index is 3.35. The minimum absolute atomic E-state index is 1.12. The van der Waals surface area contributed by atoms with Gasteiger partial charge in [0.2, 0.25) is 0 Å². The molecule has 0 atom stereocenters. The fraction of sp³-hybridized carbons (Fsp3) is 1.00. The van der Waals surface area contributed by atoms with Crippen molar-refractivity contribution >= 4 is 11.8 Å². The second-order valence-corrected chi connectivity index (χ2v) is 4.10. The van der Waals surface area contributed by atoms with Crippen molar-refractivity contribution in [2.24, 2.45) is 0 Å². The number of rotatable bonds is 9. The van der Waals surface area contributed by atoms with Crippen LogP contribution in [0.25, 0.3) is 0 Å². The molecule has 1 nitrogen and oxygen atoms in total. The molecule has 0 aromatic carbocycles. The molecule has 0 heterocycles. The Kier molecular flexibility index (Phi) is 11.6. The molecule has 1 N–H and O–H groups in total. The van der Waals surface area contributed by atoms with Gasteiger partial charge in [0, 0.05) is 0 Å². The van der Waals surface area contributed by atoms with Gasteiger partial charge < -0.3 is 5.32 Å². The van der Waals surface area contributed by atoms with Crippen molar-refractivity contribution < 1.29 is 0 Å². The van der Waals surface area contributed by atoms with Crippen LogP contribution in [0.5, 0.6) is 0 Å². The first-order chi connectivity index (χ1) is 5.91. The minimum Gasteiger partial charge on any atom is -0.317 e. The molecular formula is C10H23NS. The first kappa shape index (κ1) is 12.3. The van der Waals surface area contributed by atoms with Crippen LogP contribution in [0.15, 0.2) is 0 Å². The Labute approximate surface area is 81.7 Å². The smallest absolute Gasteiger partial charge is 0.00490 e. The molecule has 0 unspecified atom stereocenters. The zero-order chi connectivity index (χ0) is 9.07. The zero-order valence-electron chi connectivity index (χ0n) is 8.57. The summed E-state index contributed by atoms with van der Waals surface area (Å²) >= 11 is 1.96. The molecule has 0 rings (SSSR count). The first-order valence-electron chi connectivity index (χ1n) is 5.11. The fourth-order valence-electron chi connectivity index (χ4n) is 1.20. The van der Waals surface area contributed by atoms with Crippen LogP contribution in [-0.4, -0.2) is 25.1 Å². The molecule has 0 radical (unpaired) electrons. The quantitative estimate of drug-likeness (QED) is 0.560. The Morgan fingerprint density at radius 2 is 1.67 bits per heavy atom. The molecule has 0 aliphatic heterocycles. The monoisotopic (exact) mass is 189 g/mol. The predicted molar refractivity (Wildman–Crippen MR) is 60.0 cm³/mol. The van der Waals surface area contributed by atoms with Crippen LogP contribution in [0.3, 0.4) is 0 Å². The maximum Gasteiger partial charge on any atom is -0.00490 e. The van der Waals surface area contributed by atoms with Crippen molar-refractivity contribution in [1.82, 2.24) is 5.32 Å². The van der Waals surface area contributed by atoms with Gasteiger partial charge in [-0.25, -0.2) is 0 Å². The fourth-order valence-corrected chi connectivity index (χ4v) is 1.70. The third kappa shape index (κ3) is 10.3. The van der Waals surface area contributed by atoms with E-state index in [2.05, 4.69) is 18.5 Å². The number of unbranched alkanes of at least 4 members (excludes halogenated alkanes) is 4. The van der Waals surface area contributed by atoms with E-state index in [1.807, 2.05) is 11.8 Å². The summed E-state index contributed by atoms with van der Waals surface area (Å²) in [5, 5.41) is 3.35. The zero-order valence-corrected chi connectivity index (χ0v) is 9.38. The second kappa shape index (κ2) is 11.3. The Hall–Kier alpha value is 0.310. The summed E-state index contributed by atoms with van der Waals surface area (Å²) in [6, 6.07) is 0. The Morgan fingerprint density at radius 3 is 2.33 bits per heavy atom. The molecule has 0 saturated heterocycles. The van der Waals surface area contributed by atoms with Crippen molar-refractivity contribution in [1.29, 1.82) is 0 Å². The normalized spacial score (nSPS) is 10.5. The standard InChI is InChI=1S/C10H23NS/c1-3-11-9-7-5-4-6-8-10-12-2/h11H,3-10H2,1-2H3. The summed E-state index contributed by atoms with van der Waals surface area (Å²) in [7, 11) is 0. The highest BCUT2D eigenvalue weighted by Gasteiger charge is 1.89. The molecule has 0 saturated carbocycles. The van der Waals surface area contributed by atoms with E-state index in [0.29, 0.717) is 0 Å². The first-order valence-corrected chi connectivity index (χ1v) is 6.50. The van der Waals surface area contributed by atoms with Gasteiger partial charge in [-0.05, 0) is 37.9 Å². The lowest BCUT2D eigenvalue weighted by molar-refractivity contribution is 0.595. The minimum atomic E-state index is 1.12. The van der Waals surface area contributed by atoms with E-state index in [4.69, 9.17) is 0 Å². The van der Waals surface area contributed by atoms with Gasteiger partial charge in [-0.1, -0.05) is 26.2 Å². The highest BCUT2D eigenvalue weighted by molar-refractivity contribution is 7.98. The third-order valence-electron chi connectivity index (χ3n) is 1.95. The van der Waals surface area contributed by atoms with Crippen molar-refractivity contribution in [3.05, 3.63) is 0 Å². The van der Waals surface area contributed by atoms with Gasteiger partial charge in [-0.3, -0.25) is 0 Å². The molecule has 0 spiro atoms. The third-order valence-corrected chi connectivity index (χ3v) is 2.65. The molecule has 12 heavy (non-hydrogen) atoms. The lowest BCUT2D eigenvalue weighted by atomic mass is 10.1. The van der Waals surface area contributed by atoms with Crippen LogP contribution >= 0.6 is 11.8 Å². The van der Waals surface area contributed by atoms with Gasteiger partial charge in [0.1, 0.15) is 0 Å². The average Bonchev–Trinajstić information content (AvgIpc) is 2.10. The summed E-state index contributed by atoms with van der Waals surface area (Å²) in [6.07, 6.45) is 9.20. The van der Waals surface area contributed by atoms with Crippen LogP contribution < -0.4 is 5.32 Å². The molecule has 2 heteroatoms. The maximum absolute atomic E-state index is 3.35. The molecule has 0 amide bonds. The summed E-state index contributed by atoms with van der Waals surface area (Å²) < 4.78 is 0. The number of hydrogen-bond acceptors (Lipinski definition) is 2. The molecule has 0 aliphatic carbocycles. The number of hydrogen-bond donors (Lipinski definition) is 1. The van der Waals surface area contributed by atoms with Crippen LogP contribution in [0.1, 0.15) is 39.0 Å². The van der Waals surface area contributed by atoms with Crippen LogP contribution in [0.4, 0.5) is 0 Å². The lowest BCUT2D eigenvalue weighted by Crippen LogP contribution is -2.13. The van der Waals surface area contributed by atoms with E-state index < -0.39 is 0 Å². The van der Waals surface area contributed by atoms with Gasteiger partial charge in [0.15, 0.2) is 0 Å². The predicted octanol–water partition coefficient (Wildman–Crippen LogP) is 2.91. The van der Waals surface area contributed by atoms with Gasteiger partial charge >= 0.3 is 0 Å². The highest BCUT2D eigenvalue weighted by atomic mass is 32.2. The molecule has 0 aromatic heterocycles. The van der Waals surface area contributed by atoms with Crippen molar-refractivity contribution in [2.45, 2.75) is 39.0 Å². The van der Waals surface area contributed by atoms with E-state index in [1.54, 1.807) is 0 Å². The molecule has 0 fully saturated rings. The van der Waals surface area contributed by atoms with Gasteiger partial charge in [0.05, 0.1) is 0 Å². The van der Waals surface area contributed by atoms with E-state index in [0.717, 1.165) is 6.54 Å². The van der Waals surface area contributed by atoms with Crippen molar-refractivity contribution in [3.63, 3.8) is 0 Å². The Balaban J connectivity index is 2.73. The number of thioether (sulfide) groups is 1. The second-order valence-electron chi connectivity index (χ2n) is 3.11. The molecule has 0 bridgehead atoms. The van der Waals surface area contributed by atoms with E-state index >= 15 is 0 Å². The SMILES string of the molecule is CCNCCCCCCCSC. The van der Waals surface area contributed by atoms with Crippen LogP contribution in [0, 0.1) is 0 Å². The highest BCUT2D eigenvalue weighted by Crippen LogP contribution is 2.05. The van der Waals surface area contributed by atoms with Crippen molar-refractivity contribution in [3.8, 4) is 0 Å². The molecule has 0 aromatic rings. The number of nitrogens with one attached hydrogen (secondary N) is 1. The summed E-state index contributed by atoms with van der Waals surface area (Å²) in [5.41, 5.74) is 0. The molecule has 74 valence electrons. The lowest BCUT2D eigenvalue weighted by Gasteiger charge is -2.01. The van der Waals surface area contributed by atoms with Crippen LogP contribution in [-0.2, 0) is 0 Å². The largest absolute Gasteiger partial charge is 0.317 e. The Bertz CT molecular complexity index is 66.2. The summed E-state index contributed by atoms with van der Waals surface area (Å²) in [4.78, 5) is 0. The van der Waals surface area contributed by atoms with Gasteiger partial charge in [-0.15, -0.1) is 0 Å². The molecule has 0 aliphatic rings. The van der Waals surface area contributed by atoms with E-state index in [9.17, 15) is 0 Å². The van der Waals surface area contributed by atoms with E-state index in [-0.39, 0.29) is 0 Å². The summed E-state index contributed by atoms with van der Waals surface area (Å²) in [5.74, 6) is 1.34. The van der Waals surface area contributed by atoms with Crippen molar-refractivity contribution in [2.75, 3.05) is 25.1 Å². The van der Waals surface area contributed by atoms with Gasteiger partial charge in [-0.2, -0.15) is 11.8 Å². The summed E-state index contributed by atoms with van der Waals surface area (Å²) in [6.45, 7) is 4.49. The van der Waals surface area contributed by atoms with Crippen LogP contribution in [0.2, 0.25) is 0 Å². The topological polar surface area (TPSA) is 12.0 Å². The average molecular weight is 189 g/mol. The van der Waals surface area contributed by atoms with E-state index in [1.165, 1.54) is 44.4 Å². The van der Waals surface area contributed by atoms with Gasteiger partial charge in [0.25, 0.3) is 0 Å². The Morgan fingerprint density at radius 1 is 1.00 bits per heavy atom.